The number of nitrogens with two attached hydrogens (primary N) is 1. The topological polar surface area (TPSA) is 79.2 Å². The van der Waals surface area contributed by atoms with E-state index in [1.807, 2.05) is 0 Å². The molecule has 0 spiro atoms. The first-order valence-electron chi connectivity index (χ1n) is 6.81. The molecule has 2 aliphatic rings. The van der Waals surface area contributed by atoms with Crippen molar-refractivity contribution in [3.8, 4) is 0 Å². The van der Waals surface area contributed by atoms with Crippen LogP contribution in [-0.2, 0) is 0 Å². The molecule has 2 heterocycles. The minimum absolute atomic E-state index is 0. The second-order valence-electron chi connectivity index (χ2n) is 5.76. The van der Waals surface area contributed by atoms with E-state index >= 15 is 0 Å². The lowest BCUT2D eigenvalue weighted by Crippen LogP contribution is -2.36. The molecule has 20 heavy (non-hydrogen) atoms. The normalized spacial score (nSPS) is 28.1. The average Bonchev–Trinajstić information content (AvgIpc) is 2.91. The monoisotopic (exact) mass is 297 g/mol. The third-order valence-corrected chi connectivity index (χ3v) is 4.49. The summed E-state index contributed by atoms with van der Waals surface area (Å²) in [5, 5.41) is 0. The number of hydrogen-bond acceptors (Lipinski definition) is 3. The largest absolute Gasteiger partial charge is 0.338 e. The van der Waals surface area contributed by atoms with Crippen molar-refractivity contribution in [3.63, 3.8) is 0 Å². The first-order chi connectivity index (χ1) is 9.06. The Kier molecular flexibility index (Phi) is 4.20. The summed E-state index contributed by atoms with van der Waals surface area (Å²) in [4.78, 5) is 28.7. The first kappa shape index (κ1) is 15.1. The average molecular weight is 298 g/mol. The zero-order chi connectivity index (χ0) is 13.6. The van der Waals surface area contributed by atoms with Gasteiger partial charge in [-0.25, -0.2) is 0 Å². The summed E-state index contributed by atoms with van der Waals surface area (Å²) in [6.45, 7) is 3.23. The van der Waals surface area contributed by atoms with E-state index in [0.29, 0.717) is 18.4 Å². The third-order valence-electron chi connectivity index (χ3n) is 4.49. The molecular formula is C14H20ClN3O2. The third kappa shape index (κ3) is 2.47. The fourth-order valence-electron chi connectivity index (χ4n) is 3.38. The van der Waals surface area contributed by atoms with Crippen LogP contribution < -0.4 is 11.3 Å². The van der Waals surface area contributed by atoms with E-state index in [4.69, 9.17) is 5.73 Å². The van der Waals surface area contributed by atoms with E-state index < -0.39 is 0 Å². The van der Waals surface area contributed by atoms with Crippen molar-refractivity contribution in [2.75, 3.05) is 13.1 Å². The van der Waals surface area contributed by atoms with Crippen LogP contribution in [0.2, 0.25) is 0 Å². The molecule has 110 valence electrons. The second-order valence-corrected chi connectivity index (χ2v) is 5.76. The van der Waals surface area contributed by atoms with Crippen molar-refractivity contribution >= 4 is 18.3 Å². The number of aryl methyl sites for hydroxylation is 1. The summed E-state index contributed by atoms with van der Waals surface area (Å²) in [5.74, 6) is 0.764. The summed E-state index contributed by atoms with van der Waals surface area (Å²) in [7, 11) is 0. The number of amides is 1. The van der Waals surface area contributed by atoms with Gasteiger partial charge in [-0.2, -0.15) is 0 Å². The van der Waals surface area contributed by atoms with Crippen LogP contribution >= 0.6 is 12.4 Å². The molecular weight excluding hydrogens is 278 g/mol. The zero-order valence-electron chi connectivity index (χ0n) is 11.5. The van der Waals surface area contributed by atoms with Crippen LogP contribution in [0, 0.1) is 18.8 Å². The van der Waals surface area contributed by atoms with Gasteiger partial charge in [0, 0.05) is 24.8 Å². The molecule has 0 bridgehead atoms. The Bertz CT molecular complexity index is 572. The number of rotatable bonds is 1. The quantitative estimate of drug-likeness (QED) is 0.809. The number of likely N-dealkylation sites (tertiary alicyclic amines) is 1. The van der Waals surface area contributed by atoms with Crippen molar-refractivity contribution < 1.29 is 4.79 Å². The van der Waals surface area contributed by atoms with Crippen LogP contribution in [0.5, 0.6) is 0 Å². The minimum Gasteiger partial charge on any atom is -0.338 e. The molecule has 6 heteroatoms. The fourth-order valence-corrected chi connectivity index (χ4v) is 3.38. The summed E-state index contributed by atoms with van der Waals surface area (Å²) in [6.07, 6.45) is 2.16. The molecule has 1 aliphatic heterocycles. The number of halogens is 1. The van der Waals surface area contributed by atoms with Gasteiger partial charge < -0.3 is 15.6 Å². The number of fused-ring (bicyclic) bond motifs is 1. The van der Waals surface area contributed by atoms with Crippen LogP contribution in [0.25, 0.3) is 0 Å². The van der Waals surface area contributed by atoms with Gasteiger partial charge in [0.1, 0.15) is 5.56 Å². The zero-order valence-corrected chi connectivity index (χ0v) is 12.3. The van der Waals surface area contributed by atoms with Gasteiger partial charge in [-0.3, -0.25) is 9.59 Å². The van der Waals surface area contributed by atoms with Crippen LogP contribution in [0.3, 0.4) is 0 Å². The van der Waals surface area contributed by atoms with Gasteiger partial charge in [0.05, 0.1) is 0 Å². The standard InChI is InChI=1S/C14H19N3O2.ClH/c1-8-2-4-10(13(18)16-8)14(19)17-6-9-3-5-12(15)11(9)7-17;/h2,4,9,11-12H,3,5-7,15H2,1H3,(H,16,18);1H. The Hall–Kier alpha value is -1.33. The highest BCUT2D eigenvalue weighted by atomic mass is 35.5. The number of carbonyl (C=O) groups excluding carboxylic acids is 1. The van der Waals surface area contributed by atoms with Gasteiger partial charge >= 0.3 is 0 Å². The maximum absolute atomic E-state index is 12.4. The lowest BCUT2D eigenvalue weighted by Gasteiger charge is -2.18. The minimum atomic E-state index is -0.300. The second kappa shape index (κ2) is 5.58. The van der Waals surface area contributed by atoms with Crippen molar-refractivity contribution in [1.82, 2.24) is 9.88 Å². The number of nitrogens with zero attached hydrogens (tertiary/aromatic N) is 1. The van der Waals surface area contributed by atoms with E-state index in [9.17, 15) is 9.59 Å². The van der Waals surface area contributed by atoms with Crippen LogP contribution in [0.4, 0.5) is 0 Å². The smallest absolute Gasteiger partial charge is 0.260 e. The Morgan fingerprint density at radius 1 is 1.35 bits per heavy atom. The predicted octanol–water partition coefficient (Wildman–Crippen LogP) is 0.914. The number of H-pyrrole nitrogens is 1. The molecule has 1 saturated heterocycles. The fraction of sp³-hybridized carbons (Fsp3) is 0.571. The van der Waals surface area contributed by atoms with Crippen molar-refractivity contribution in [2.45, 2.75) is 25.8 Å². The van der Waals surface area contributed by atoms with Crippen LogP contribution in [0.15, 0.2) is 16.9 Å². The number of aromatic amines is 1. The number of carbonyl (C=O) groups is 1. The summed E-state index contributed by atoms with van der Waals surface area (Å²) >= 11 is 0. The van der Waals surface area contributed by atoms with Crippen LogP contribution in [-0.4, -0.2) is 34.9 Å². The van der Waals surface area contributed by atoms with Gasteiger partial charge in [-0.1, -0.05) is 0 Å². The highest BCUT2D eigenvalue weighted by molar-refractivity contribution is 5.94. The summed E-state index contributed by atoms with van der Waals surface area (Å²) in [5.41, 5.74) is 6.77. The molecule has 0 radical (unpaired) electrons. The maximum atomic E-state index is 12.4. The van der Waals surface area contributed by atoms with E-state index in [-0.39, 0.29) is 35.5 Å². The molecule has 1 amide bonds. The van der Waals surface area contributed by atoms with Crippen molar-refractivity contribution in [3.05, 3.63) is 33.7 Å². The lowest BCUT2D eigenvalue weighted by molar-refractivity contribution is 0.0778. The Morgan fingerprint density at radius 2 is 2.10 bits per heavy atom. The Morgan fingerprint density at radius 3 is 2.75 bits per heavy atom. The molecule has 1 aromatic heterocycles. The number of nitrogens with one attached hydrogen (secondary N) is 1. The van der Waals surface area contributed by atoms with Crippen molar-refractivity contribution in [2.24, 2.45) is 17.6 Å². The number of pyridine rings is 1. The summed E-state index contributed by atoms with van der Waals surface area (Å²) in [6, 6.07) is 3.58. The molecule has 5 nitrogen and oxygen atoms in total. The van der Waals surface area contributed by atoms with Gasteiger partial charge in [0.25, 0.3) is 11.5 Å². The van der Waals surface area contributed by atoms with E-state index in [1.54, 1.807) is 24.0 Å². The molecule has 3 rings (SSSR count). The van der Waals surface area contributed by atoms with Gasteiger partial charge in [0.15, 0.2) is 0 Å². The highest BCUT2D eigenvalue weighted by Crippen LogP contribution is 2.37. The number of hydrogen-bond donors (Lipinski definition) is 2. The molecule has 0 aromatic carbocycles. The highest BCUT2D eigenvalue weighted by Gasteiger charge is 2.42. The predicted molar refractivity (Wildman–Crippen MR) is 79.1 cm³/mol. The van der Waals surface area contributed by atoms with Gasteiger partial charge in [-0.15, -0.1) is 12.4 Å². The molecule has 2 fully saturated rings. The number of aromatic nitrogens is 1. The molecule has 3 atom stereocenters. The van der Waals surface area contributed by atoms with Gasteiger partial charge in [-0.05, 0) is 43.7 Å². The lowest BCUT2D eigenvalue weighted by atomic mass is 9.98. The maximum Gasteiger partial charge on any atom is 0.260 e. The van der Waals surface area contributed by atoms with E-state index in [0.717, 1.165) is 25.1 Å². The van der Waals surface area contributed by atoms with E-state index in [2.05, 4.69) is 4.98 Å². The Balaban J connectivity index is 0.00000147. The molecule has 1 aliphatic carbocycles. The molecule has 3 N–H and O–H groups in total. The Labute approximate surface area is 123 Å². The molecule has 1 saturated carbocycles. The molecule has 1 aromatic rings. The SMILES string of the molecule is Cc1ccc(C(=O)N2CC3CCC(N)C3C2)c(=O)[nH]1.Cl. The van der Waals surface area contributed by atoms with Crippen LogP contribution in [0.1, 0.15) is 28.9 Å². The summed E-state index contributed by atoms with van der Waals surface area (Å²) < 4.78 is 0. The molecule has 3 unspecified atom stereocenters. The van der Waals surface area contributed by atoms with Crippen molar-refractivity contribution in [1.29, 1.82) is 0 Å². The first-order valence-corrected chi connectivity index (χ1v) is 6.81. The van der Waals surface area contributed by atoms with Gasteiger partial charge in [0.2, 0.25) is 0 Å². The van der Waals surface area contributed by atoms with E-state index in [1.165, 1.54) is 0 Å².